The molecule has 3 rings (SSSR count). The van der Waals surface area contributed by atoms with Gasteiger partial charge in [-0.3, -0.25) is 4.98 Å². The maximum atomic E-state index is 5.78. The fourth-order valence-electron chi connectivity index (χ4n) is 1.33. The zero-order chi connectivity index (χ0) is 11.7. The minimum atomic E-state index is 0.401. The Hall–Kier alpha value is -2.28. The third-order valence-electron chi connectivity index (χ3n) is 2.11. The summed E-state index contributed by atoms with van der Waals surface area (Å²) in [6, 6.07) is 1.80. The lowest BCUT2D eigenvalue weighted by Crippen LogP contribution is -1.86. The molecule has 0 bridgehead atoms. The molecular weight excluding hydrogens is 238 g/mol. The average molecular weight is 245 g/mol. The number of thiophene rings is 1. The van der Waals surface area contributed by atoms with Crippen LogP contribution in [-0.2, 0) is 0 Å². The Labute approximate surface area is 100 Å². The molecule has 0 unspecified atom stereocenters. The van der Waals surface area contributed by atoms with Crippen molar-refractivity contribution in [3.8, 4) is 22.3 Å². The Morgan fingerprint density at radius 3 is 2.94 bits per heavy atom. The van der Waals surface area contributed by atoms with Gasteiger partial charge in [-0.05, 0) is 11.4 Å². The van der Waals surface area contributed by atoms with Gasteiger partial charge in [0.2, 0.25) is 5.82 Å². The van der Waals surface area contributed by atoms with E-state index in [4.69, 9.17) is 10.3 Å². The van der Waals surface area contributed by atoms with Crippen LogP contribution in [0.2, 0.25) is 0 Å². The molecule has 0 atom stereocenters. The molecule has 3 aromatic heterocycles. The van der Waals surface area contributed by atoms with Crippen molar-refractivity contribution in [2.75, 3.05) is 5.73 Å². The van der Waals surface area contributed by atoms with Gasteiger partial charge >= 0.3 is 0 Å². The van der Waals surface area contributed by atoms with Crippen LogP contribution in [0.25, 0.3) is 22.3 Å². The number of hydrogen-bond donors (Lipinski definition) is 1. The van der Waals surface area contributed by atoms with E-state index in [1.807, 2.05) is 5.38 Å². The molecule has 17 heavy (non-hydrogen) atoms. The molecule has 0 saturated carbocycles. The van der Waals surface area contributed by atoms with Crippen molar-refractivity contribution in [2.24, 2.45) is 0 Å². The molecule has 3 heterocycles. The summed E-state index contributed by atoms with van der Waals surface area (Å²) in [5.41, 5.74) is 6.97. The molecule has 3 aromatic rings. The molecule has 0 aliphatic carbocycles. The highest BCUT2D eigenvalue weighted by atomic mass is 32.1. The summed E-state index contributed by atoms with van der Waals surface area (Å²) in [5, 5.41) is 5.72. The molecular formula is C10H7N5OS. The minimum absolute atomic E-state index is 0.401. The lowest BCUT2D eigenvalue weighted by Gasteiger charge is -1.90. The summed E-state index contributed by atoms with van der Waals surface area (Å²) in [7, 11) is 0. The van der Waals surface area contributed by atoms with Gasteiger partial charge in [-0.25, -0.2) is 4.98 Å². The summed E-state index contributed by atoms with van der Waals surface area (Å²) >= 11 is 1.45. The molecule has 0 saturated heterocycles. The van der Waals surface area contributed by atoms with Gasteiger partial charge in [-0.1, -0.05) is 5.16 Å². The molecule has 84 valence electrons. The lowest BCUT2D eigenvalue weighted by molar-refractivity contribution is 0.433. The number of nitrogens with zero attached hydrogens (tertiary/aromatic N) is 4. The molecule has 0 radical (unpaired) electrons. The van der Waals surface area contributed by atoms with E-state index >= 15 is 0 Å². The van der Waals surface area contributed by atoms with Crippen LogP contribution in [0.1, 0.15) is 0 Å². The molecule has 0 aliphatic rings. The van der Waals surface area contributed by atoms with Crippen molar-refractivity contribution in [2.45, 2.75) is 0 Å². The second-order valence-corrected chi connectivity index (χ2v) is 4.13. The summed E-state index contributed by atoms with van der Waals surface area (Å²) < 4.78 is 5.15. The molecule has 2 N–H and O–H groups in total. The van der Waals surface area contributed by atoms with Gasteiger partial charge in [0.15, 0.2) is 0 Å². The largest absolute Gasteiger partial charge is 0.397 e. The van der Waals surface area contributed by atoms with Crippen molar-refractivity contribution in [3.05, 3.63) is 30.0 Å². The van der Waals surface area contributed by atoms with Gasteiger partial charge in [0.05, 0.1) is 11.9 Å². The number of aromatic nitrogens is 4. The van der Waals surface area contributed by atoms with Crippen LogP contribution in [0.5, 0.6) is 0 Å². The second kappa shape index (κ2) is 3.95. The molecule has 0 aliphatic heterocycles. The van der Waals surface area contributed by atoms with Gasteiger partial charge in [0.25, 0.3) is 5.89 Å². The fraction of sp³-hybridized carbons (Fsp3) is 0. The Balaban J connectivity index is 2.02. The lowest BCUT2D eigenvalue weighted by atomic mass is 10.4. The van der Waals surface area contributed by atoms with Crippen molar-refractivity contribution >= 4 is 17.0 Å². The molecule has 0 aromatic carbocycles. The molecule has 0 spiro atoms. The molecule has 0 fully saturated rings. The van der Waals surface area contributed by atoms with E-state index in [1.165, 1.54) is 11.3 Å². The van der Waals surface area contributed by atoms with Crippen LogP contribution in [0.3, 0.4) is 0 Å². The van der Waals surface area contributed by atoms with E-state index in [1.54, 1.807) is 24.7 Å². The Morgan fingerprint density at radius 2 is 2.24 bits per heavy atom. The van der Waals surface area contributed by atoms with Crippen LogP contribution in [0, 0.1) is 0 Å². The predicted molar refractivity (Wildman–Crippen MR) is 63.0 cm³/mol. The summed E-state index contributed by atoms with van der Waals surface area (Å²) in [6.45, 7) is 0. The summed E-state index contributed by atoms with van der Waals surface area (Å²) in [6.07, 6.45) is 4.74. The smallest absolute Gasteiger partial charge is 0.270 e. The second-order valence-electron chi connectivity index (χ2n) is 3.22. The van der Waals surface area contributed by atoms with Gasteiger partial charge in [-0.2, -0.15) is 4.98 Å². The van der Waals surface area contributed by atoms with Crippen LogP contribution in [0.15, 0.2) is 34.6 Å². The topological polar surface area (TPSA) is 90.7 Å². The van der Waals surface area contributed by atoms with E-state index in [0.29, 0.717) is 23.1 Å². The summed E-state index contributed by atoms with van der Waals surface area (Å²) in [5.74, 6) is 0.805. The first-order valence-corrected chi connectivity index (χ1v) is 5.66. The molecule has 7 heteroatoms. The van der Waals surface area contributed by atoms with Gasteiger partial charge in [0.1, 0.15) is 10.6 Å². The van der Waals surface area contributed by atoms with Crippen molar-refractivity contribution < 1.29 is 4.52 Å². The standard InChI is InChI=1S/C10H7N5OS/c11-6-1-4-17-8(6)10-14-9(15-16-10)7-5-12-2-3-13-7/h1-5H,11H2. The molecule has 6 nitrogen and oxygen atoms in total. The van der Waals surface area contributed by atoms with E-state index in [0.717, 1.165) is 4.88 Å². The van der Waals surface area contributed by atoms with Crippen molar-refractivity contribution in [3.63, 3.8) is 0 Å². The van der Waals surface area contributed by atoms with E-state index in [-0.39, 0.29) is 0 Å². The third-order valence-corrected chi connectivity index (χ3v) is 3.03. The predicted octanol–water partition coefficient (Wildman–Crippen LogP) is 1.84. The van der Waals surface area contributed by atoms with Crippen LogP contribution >= 0.6 is 11.3 Å². The van der Waals surface area contributed by atoms with Crippen LogP contribution < -0.4 is 5.73 Å². The highest BCUT2D eigenvalue weighted by Gasteiger charge is 2.14. The first-order chi connectivity index (χ1) is 8.34. The number of nitrogen functional groups attached to an aromatic ring is 1. The SMILES string of the molecule is Nc1ccsc1-c1nc(-c2cnccn2)no1. The number of rotatable bonds is 2. The monoisotopic (exact) mass is 245 g/mol. The van der Waals surface area contributed by atoms with Crippen LogP contribution in [-0.4, -0.2) is 20.1 Å². The van der Waals surface area contributed by atoms with E-state index in [2.05, 4.69) is 20.1 Å². The van der Waals surface area contributed by atoms with Gasteiger partial charge in [0, 0.05) is 12.4 Å². The highest BCUT2D eigenvalue weighted by molar-refractivity contribution is 7.14. The first-order valence-electron chi connectivity index (χ1n) is 4.78. The van der Waals surface area contributed by atoms with Gasteiger partial charge in [-0.15, -0.1) is 11.3 Å². The maximum absolute atomic E-state index is 5.78. The maximum Gasteiger partial charge on any atom is 0.270 e. The van der Waals surface area contributed by atoms with Gasteiger partial charge < -0.3 is 10.3 Å². The Kier molecular flexibility index (Phi) is 2.30. The van der Waals surface area contributed by atoms with Crippen molar-refractivity contribution in [1.82, 2.24) is 20.1 Å². The summed E-state index contributed by atoms with van der Waals surface area (Å²) in [4.78, 5) is 13.0. The first kappa shape index (κ1) is 9.91. The molecule has 0 amide bonds. The van der Waals surface area contributed by atoms with E-state index < -0.39 is 0 Å². The van der Waals surface area contributed by atoms with Crippen molar-refractivity contribution in [1.29, 1.82) is 0 Å². The highest BCUT2D eigenvalue weighted by Crippen LogP contribution is 2.30. The normalized spacial score (nSPS) is 10.6. The number of anilines is 1. The fourth-order valence-corrected chi connectivity index (χ4v) is 2.07. The van der Waals surface area contributed by atoms with E-state index in [9.17, 15) is 0 Å². The quantitative estimate of drug-likeness (QED) is 0.740. The third kappa shape index (κ3) is 1.76. The minimum Gasteiger partial charge on any atom is -0.397 e. The number of hydrogen-bond acceptors (Lipinski definition) is 7. The zero-order valence-electron chi connectivity index (χ0n) is 8.57. The van der Waals surface area contributed by atoms with Crippen LogP contribution in [0.4, 0.5) is 5.69 Å². The Bertz CT molecular complexity index is 633. The Morgan fingerprint density at radius 1 is 1.29 bits per heavy atom. The average Bonchev–Trinajstić information content (AvgIpc) is 2.98. The number of nitrogens with two attached hydrogens (primary N) is 1. The zero-order valence-corrected chi connectivity index (χ0v) is 9.39.